The summed E-state index contributed by atoms with van der Waals surface area (Å²) in [5.41, 5.74) is 3.48. The second-order valence-corrected chi connectivity index (χ2v) is 9.65. The first-order chi connectivity index (χ1) is 19.8. The molecule has 0 fully saturated rings. The summed E-state index contributed by atoms with van der Waals surface area (Å²) in [7, 11) is 0. The van der Waals surface area contributed by atoms with Crippen LogP contribution in [0.4, 0.5) is 0 Å². The van der Waals surface area contributed by atoms with E-state index in [9.17, 15) is 0 Å². The van der Waals surface area contributed by atoms with Gasteiger partial charge in [0.15, 0.2) is 0 Å². The Balaban J connectivity index is 1.40. The van der Waals surface area contributed by atoms with Crippen molar-refractivity contribution in [1.29, 1.82) is 0 Å². The van der Waals surface area contributed by atoms with E-state index < -0.39 is 0 Å². The molecule has 3 heterocycles. The molecule has 0 radical (unpaired) electrons. The van der Waals surface area contributed by atoms with E-state index in [-0.39, 0.29) is 18.1 Å². The van der Waals surface area contributed by atoms with E-state index in [2.05, 4.69) is 109 Å². The predicted octanol–water partition coefficient (Wildman–Crippen LogP) is 3.93. The van der Waals surface area contributed by atoms with Crippen molar-refractivity contribution in [1.82, 2.24) is 49.9 Å². The summed E-state index contributed by atoms with van der Waals surface area (Å²) in [5.74, 6) is 0. The van der Waals surface area contributed by atoms with Crippen LogP contribution in [0, 0.1) is 0 Å². The molecule has 0 saturated carbocycles. The number of benzene rings is 3. The SMILES string of the molecule is c1ccc(C(CN(CC(c2ccccc2)n2ccnn2)CC(c2ccccc2)n2ccnn2)n2ccnn2)cc1. The molecule has 0 amide bonds. The molecule has 10 heteroatoms. The highest BCUT2D eigenvalue weighted by atomic mass is 15.5. The van der Waals surface area contributed by atoms with Crippen molar-refractivity contribution < 1.29 is 0 Å². The van der Waals surface area contributed by atoms with Gasteiger partial charge in [-0.05, 0) is 16.7 Å². The highest BCUT2D eigenvalue weighted by Crippen LogP contribution is 2.26. The maximum atomic E-state index is 4.41. The van der Waals surface area contributed by atoms with Gasteiger partial charge in [0.05, 0.1) is 36.7 Å². The molecule has 3 aromatic heterocycles. The van der Waals surface area contributed by atoms with Crippen LogP contribution < -0.4 is 0 Å². The fourth-order valence-corrected chi connectivity index (χ4v) is 5.16. The molecule has 3 atom stereocenters. The Hall–Kier alpha value is -4.96. The minimum Gasteiger partial charge on any atom is -0.296 e. The lowest BCUT2D eigenvalue weighted by Crippen LogP contribution is -2.40. The van der Waals surface area contributed by atoms with Gasteiger partial charge in [0, 0.05) is 38.2 Å². The highest BCUT2D eigenvalue weighted by molar-refractivity contribution is 5.23. The lowest BCUT2D eigenvalue weighted by Gasteiger charge is -2.34. The quantitative estimate of drug-likeness (QED) is 0.237. The predicted molar refractivity (Wildman–Crippen MR) is 150 cm³/mol. The van der Waals surface area contributed by atoms with Crippen LogP contribution in [0.3, 0.4) is 0 Å². The summed E-state index contributed by atoms with van der Waals surface area (Å²) in [6.07, 6.45) is 11.0. The van der Waals surface area contributed by atoms with Crippen LogP contribution in [0.2, 0.25) is 0 Å². The minimum atomic E-state index is -0.0527. The Morgan fingerprint density at radius 1 is 0.450 bits per heavy atom. The third-order valence-corrected chi connectivity index (χ3v) is 7.13. The van der Waals surface area contributed by atoms with Crippen LogP contribution in [-0.2, 0) is 0 Å². The fraction of sp³-hybridized carbons (Fsp3) is 0.200. The molecule has 3 unspecified atom stereocenters. The standard InChI is InChI=1S/C30H30N10/c1-4-10-25(11-5-1)28(38-19-16-31-34-38)22-37(23-29(39-20-17-32-35-39)26-12-6-2-7-13-26)24-30(40-21-18-33-36-40)27-14-8-3-9-15-27/h1-21,28-30H,22-24H2. The van der Waals surface area contributed by atoms with Crippen molar-refractivity contribution in [3.63, 3.8) is 0 Å². The number of hydrogen-bond acceptors (Lipinski definition) is 7. The molecule has 0 saturated heterocycles. The normalized spacial score (nSPS) is 13.7. The average Bonchev–Trinajstić information content (AvgIpc) is 3.83. The van der Waals surface area contributed by atoms with Gasteiger partial charge in [-0.2, -0.15) is 0 Å². The summed E-state index contributed by atoms with van der Waals surface area (Å²) < 4.78 is 5.80. The Morgan fingerprint density at radius 3 is 1.00 bits per heavy atom. The molecule has 0 bridgehead atoms. The second kappa shape index (κ2) is 12.3. The van der Waals surface area contributed by atoms with E-state index in [1.165, 1.54) is 0 Å². The summed E-state index contributed by atoms with van der Waals surface area (Å²) in [4.78, 5) is 2.46. The second-order valence-electron chi connectivity index (χ2n) is 9.65. The van der Waals surface area contributed by atoms with Gasteiger partial charge >= 0.3 is 0 Å². The molecule has 3 aromatic carbocycles. The van der Waals surface area contributed by atoms with Crippen molar-refractivity contribution in [2.75, 3.05) is 19.6 Å². The molecule has 0 spiro atoms. The van der Waals surface area contributed by atoms with E-state index >= 15 is 0 Å². The van der Waals surface area contributed by atoms with Gasteiger partial charge in [-0.3, -0.25) is 4.90 Å². The molecule has 6 aromatic rings. The van der Waals surface area contributed by atoms with E-state index in [1.54, 1.807) is 18.6 Å². The van der Waals surface area contributed by atoms with E-state index in [0.29, 0.717) is 19.6 Å². The van der Waals surface area contributed by atoms with E-state index in [0.717, 1.165) is 16.7 Å². The monoisotopic (exact) mass is 530 g/mol. The largest absolute Gasteiger partial charge is 0.296 e. The Bertz CT molecular complexity index is 1330. The summed E-state index contributed by atoms with van der Waals surface area (Å²) in [6, 6.07) is 31.2. The van der Waals surface area contributed by atoms with Gasteiger partial charge in [-0.15, -0.1) is 15.3 Å². The number of rotatable bonds is 12. The molecule has 6 rings (SSSR count). The smallest absolute Gasteiger partial charge is 0.0913 e. The first-order valence-electron chi connectivity index (χ1n) is 13.3. The Labute approximate surface area is 232 Å². The van der Waals surface area contributed by atoms with E-state index in [1.807, 2.05) is 50.8 Å². The van der Waals surface area contributed by atoms with Crippen molar-refractivity contribution in [3.8, 4) is 0 Å². The minimum absolute atomic E-state index is 0.0527. The molecule has 200 valence electrons. The summed E-state index contributed by atoms with van der Waals surface area (Å²) in [5, 5.41) is 25.6. The van der Waals surface area contributed by atoms with Crippen LogP contribution in [0.1, 0.15) is 34.8 Å². The van der Waals surface area contributed by atoms with Crippen molar-refractivity contribution >= 4 is 0 Å². The van der Waals surface area contributed by atoms with Crippen LogP contribution in [0.25, 0.3) is 0 Å². The van der Waals surface area contributed by atoms with Gasteiger partial charge in [-0.1, -0.05) is 107 Å². The Morgan fingerprint density at radius 2 is 0.750 bits per heavy atom. The molecule has 10 nitrogen and oxygen atoms in total. The summed E-state index contributed by atoms with van der Waals surface area (Å²) in [6.45, 7) is 2.05. The maximum absolute atomic E-state index is 4.41. The molecular formula is C30H30N10. The average molecular weight is 531 g/mol. The first-order valence-corrected chi connectivity index (χ1v) is 13.3. The lowest BCUT2D eigenvalue weighted by atomic mass is 10.0. The molecule has 0 N–H and O–H groups in total. The van der Waals surface area contributed by atoms with Crippen LogP contribution in [0.15, 0.2) is 128 Å². The van der Waals surface area contributed by atoms with Crippen LogP contribution in [-0.4, -0.2) is 69.5 Å². The molecule has 0 aliphatic rings. The van der Waals surface area contributed by atoms with Crippen LogP contribution in [0.5, 0.6) is 0 Å². The van der Waals surface area contributed by atoms with Gasteiger partial charge in [0.1, 0.15) is 0 Å². The highest BCUT2D eigenvalue weighted by Gasteiger charge is 2.27. The third-order valence-electron chi connectivity index (χ3n) is 7.13. The van der Waals surface area contributed by atoms with Gasteiger partial charge in [0.2, 0.25) is 0 Å². The zero-order chi connectivity index (χ0) is 27.0. The summed E-state index contributed by atoms with van der Waals surface area (Å²) >= 11 is 0. The topological polar surface area (TPSA) is 95.4 Å². The number of hydrogen-bond donors (Lipinski definition) is 0. The van der Waals surface area contributed by atoms with Crippen molar-refractivity contribution in [2.24, 2.45) is 0 Å². The fourth-order valence-electron chi connectivity index (χ4n) is 5.16. The van der Waals surface area contributed by atoms with Crippen molar-refractivity contribution in [3.05, 3.63) is 145 Å². The third kappa shape index (κ3) is 5.87. The van der Waals surface area contributed by atoms with E-state index in [4.69, 9.17) is 0 Å². The molecular weight excluding hydrogens is 500 g/mol. The zero-order valence-corrected chi connectivity index (χ0v) is 21.9. The lowest BCUT2D eigenvalue weighted by molar-refractivity contribution is 0.189. The number of nitrogens with zero attached hydrogens (tertiary/aromatic N) is 10. The molecule has 40 heavy (non-hydrogen) atoms. The van der Waals surface area contributed by atoms with Gasteiger partial charge in [-0.25, -0.2) is 14.0 Å². The van der Waals surface area contributed by atoms with Gasteiger partial charge in [0.25, 0.3) is 0 Å². The zero-order valence-electron chi connectivity index (χ0n) is 21.9. The number of aromatic nitrogens is 9. The molecule has 0 aliphatic carbocycles. The first kappa shape index (κ1) is 25.3. The maximum Gasteiger partial charge on any atom is 0.0913 e. The van der Waals surface area contributed by atoms with Crippen LogP contribution >= 0.6 is 0 Å². The van der Waals surface area contributed by atoms with Crippen molar-refractivity contribution in [2.45, 2.75) is 18.1 Å². The van der Waals surface area contributed by atoms with Gasteiger partial charge < -0.3 is 0 Å². The molecule has 0 aliphatic heterocycles. The Kier molecular flexibility index (Phi) is 7.77.